The van der Waals surface area contributed by atoms with Crippen LogP contribution in [0.3, 0.4) is 0 Å². The van der Waals surface area contributed by atoms with E-state index in [0.717, 1.165) is 25.1 Å². The number of imidazole rings is 1. The van der Waals surface area contributed by atoms with Gasteiger partial charge in [0.1, 0.15) is 17.1 Å². The number of amides is 1. The molecule has 0 saturated carbocycles. The van der Waals surface area contributed by atoms with Crippen LogP contribution >= 0.6 is 11.6 Å². The Morgan fingerprint density at radius 2 is 1.88 bits per heavy atom. The summed E-state index contributed by atoms with van der Waals surface area (Å²) < 4.78 is 7.20. The number of nitrogens with zero attached hydrogens (tertiary/aromatic N) is 2. The Morgan fingerprint density at radius 3 is 2.54 bits per heavy atom. The van der Waals surface area contributed by atoms with Crippen LogP contribution in [0.1, 0.15) is 55.5 Å². The Bertz CT molecular complexity index is 835. The van der Waals surface area contributed by atoms with Crippen molar-refractivity contribution >= 4 is 29.3 Å². The van der Waals surface area contributed by atoms with Crippen molar-refractivity contribution in [2.24, 2.45) is 0 Å². The van der Waals surface area contributed by atoms with Gasteiger partial charge in [-0.15, -0.1) is 0 Å². The number of nitrogens with one attached hydrogen (secondary N) is 1. The van der Waals surface area contributed by atoms with Gasteiger partial charge in [-0.1, -0.05) is 11.6 Å². The van der Waals surface area contributed by atoms with Crippen LogP contribution in [0.2, 0.25) is 5.02 Å². The Kier molecular flexibility index (Phi) is 5.05. The molecule has 0 unspecified atom stereocenters. The van der Waals surface area contributed by atoms with Gasteiger partial charge in [-0.2, -0.15) is 0 Å². The summed E-state index contributed by atoms with van der Waals surface area (Å²) in [5, 5.41) is 3.21. The predicted octanol–water partition coefficient (Wildman–Crippen LogP) is 4.45. The molecule has 7 heteroatoms. The molecule has 0 atom stereocenters. The van der Waals surface area contributed by atoms with E-state index in [-0.39, 0.29) is 11.6 Å². The van der Waals surface area contributed by atoms with E-state index in [1.165, 1.54) is 0 Å². The van der Waals surface area contributed by atoms with Gasteiger partial charge in [0.15, 0.2) is 5.82 Å². The molecule has 3 rings (SSSR count). The maximum atomic E-state index is 13.1. The topological polar surface area (TPSA) is 73.2 Å². The van der Waals surface area contributed by atoms with Gasteiger partial charge in [0.05, 0.1) is 0 Å². The Balaban J connectivity index is 1.97. The van der Waals surface area contributed by atoms with Gasteiger partial charge in [0.2, 0.25) is 5.78 Å². The monoisotopic (exact) mass is 375 g/mol. The second-order valence-electron chi connectivity index (χ2n) is 7.30. The van der Waals surface area contributed by atoms with Crippen LogP contribution < -0.4 is 5.32 Å². The molecular formula is C19H22ClN3O3. The summed E-state index contributed by atoms with van der Waals surface area (Å²) in [6, 6.07) is 6.68. The third-order valence-electron chi connectivity index (χ3n) is 4.02. The van der Waals surface area contributed by atoms with Crippen molar-refractivity contribution in [3.05, 3.63) is 46.4 Å². The van der Waals surface area contributed by atoms with Gasteiger partial charge in [-0.3, -0.25) is 10.1 Å². The fourth-order valence-corrected chi connectivity index (χ4v) is 3.07. The molecule has 1 aliphatic heterocycles. The Hall–Kier alpha value is -2.34. The van der Waals surface area contributed by atoms with Crippen LogP contribution in [0.15, 0.2) is 24.3 Å². The lowest BCUT2D eigenvalue weighted by Gasteiger charge is -2.19. The highest BCUT2D eigenvalue weighted by atomic mass is 35.5. The number of carbonyl (C=O) groups excluding carboxylic acids is 2. The minimum Gasteiger partial charge on any atom is -0.444 e. The fraction of sp³-hybridized carbons (Fsp3) is 0.421. The van der Waals surface area contributed by atoms with Crippen molar-refractivity contribution in [3.8, 4) is 0 Å². The number of ketones is 1. The minimum absolute atomic E-state index is 0.201. The van der Waals surface area contributed by atoms with Gasteiger partial charge in [-0.25, -0.2) is 9.78 Å². The summed E-state index contributed by atoms with van der Waals surface area (Å²) >= 11 is 5.92. The zero-order valence-electron chi connectivity index (χ0n) is 15.1. The number of anilines is 1. The number of rotatable bonds is 3. The van der Waals surface area contributed by atoms with E-state index in [2.05, 4.69) is 10.3 Å². The predicted molar refractivity (Wildman–Crippen MR) is 99.9 cm³/mol. The zero-order valence-corrected chi connectivity index (χ0v) is 15.9. The number of hydrogen-bond donors (Lipinski definition) is 1. The Labute approximate surface area is 157 Å². The first-order valence-electron chi connectivity index (χ1n) is 8.64. The molecule has 0 aliphatic carbocycles. The average Bonchev–Trinajstić information content (AvgIpc) is 2.90. The van der Waals surface area contributed by atoms with Crippen molar-refractivity contribution in [1.82, 2.24) is 9.55 Å². The molecule has 1 N–H and O–H groups in total. The molecule has 6 nitrogen and oxygen atoms in total. The van der Waals surface area contributed by atoms with Crippen LogP contribution in [0.25, 0.3) is 0 Å². The van der Waals surface area contributed by atoms with E-state index in [4.69, 9.17) is 16.3 Å². The first-order chi connectivity index (χ1) is 12.2. The molecule has 1 aromatic heterocycles. The fourth-order valence-electron chi connectivity index (χ4n) is 2.94. The molecule has 0 radical (unpaired) electrons. The molecule has 2 heterocycles. The molecule has 0 fully saturated rings. The standard InChI is InChI=1S/C19H22ClN3O3/c1-19(2,3)26-18(25)22-17-15(23-11-5-4-6-14(23)21-17)16(24)12-7-9-13(20)10-8-12/h7-10H,4-6,11H2,1-3H3,(H,22,25). The van der Waals surface area contributed by atoms with Crippen molar-refractivity contribution in [3.63, 3.8) is 0 Å². The highest BCUT2D eigenvalue weighted by molar-refractivity contribution is 6.30. The van der Waals surface area contributed by atoms with Gasteiger partial charge in [0.25, 0.3) is 0 Å². The first-order valence-corrected chi connectivity index (χ1v) is 9.02. The smallest absolute Gasteiger partial charge is 0.413 e. The lowest BCUT2D eigenvalue weighted by Crippen LogP contribution is -2.28. The van der Waals surface area contributed by atoms with E-state index >= 15 is 0 Å². The average molecular weight is 376 g/mol. The van der Waals surface area contributed by atoms with Crippen LogP contribution in [0.4, 0.5) is 10.6 Å². The van der Waals surface area contributed by atoms with E-state index in [0.29, 0.717) is 22.8 Å². The zero-order chi connectivity index (χ0) is 18.9. The maximum Gasteiger partial charge on any atom is 0.413 e. The number of fused-ring (bicyclic) bond motifs is 1. The van der Waals surface area contributed by atoms with Crippen LogP contribution in [0, 0.1) is 0 Å². The largest absolute Gasteiger partial charge is 0.444 e. The number of aromatic nitrogens is 2. The molecule has 2 aromatic rings. The lowest BCUT2D eigenvalue weighted by molar-refractivity contribution is 0.0635. The summed E-state index contributed by atoms with van der Waals surface area (Å²) in [6.07, 6.45) is 2.13. The van der Waals surface area contributed by atoms with E-state index < -0.39 is 11.7 Å². The molecule has 26 heavy (non-hydrogen) atoms. The lowest BCUT2D eigenvalue weighted by atomic mass is 10.1. The Morgan fingerprint density at radius 1 is 1.19 bits per heavy atom. The SMILES string of the molecule is CC(C)(C)OC(=O)Nc1nc2n(c1C(=O)c1ccc(Cl)cc1)CCCC2. The van der Waals surface area contributed by atoms with E-state index in [1.807, 2.05) is 4.57 Å². The number of aryl methyl sites for hydroxylation is 1. The second-order valence-corrected chi connectivity index (χ2v) is 7.73. The summed E-state index contributed by atoms with van der Waals surface area (Å²) in [5.41, 5.74) is 0.242. The number of halogens is 1. The van der Waals surface area contributed by atoms with Crippen molar-refractivity contribution in [2.45, 2.75) is 52.2 Å². The third kappa shape index (κ3) is 4.07. The molecular weight excluding hydrogens is 354 g/mol. The third-order valence-corrected chi connectivity index (χ3v) is 4.27. The van der Waals surface area contributed by atoms with Gasteiger partial charge in [0, 0.05) is 23.6 Å². The highest BCUT2D eigenvalue weighted by Crippen LogP contribution is 2.26. The molecule has 1 amide bonds. The maximum absolute atomic E-state index is 13.1. The van der Waals surface area contributed by atoms with Crippen LogP contribution in [-0.2, 0) is 17.7 Å². The summed E-state index contributed by atoms with van der Waals surface area (Å²) in [7, 11) is 0. The molecule has 0 bridgehead atoms. The van der Waals surface area contributed by atoms with Crippen LogP contribution in [0.5, 0.6) is 0 Å². The normalized spacial score (nSPS) is 13.8. The first kappa shape index (κ1) is 18.5. The van der Waals surface area contributed by atoms with E-state index in [1.54, 1.807) is 45.0 Å². The minimum atomic E-state index is -0.635. The quantitative estimate of drug-likeness (QED) is 0.804. The molecule has 0 saturated heterocycles. The van der Waals surface area contributed by atoms with Gasteiger partial charge in [-0.05, 0) is 57.9 Å². The molecule has 1 aliphatic rings. The molecule has 0 spiro atoms. The van der Waals surface area contributed by atoms with Crippen molar-refractivity contribution in [2.75, 3.05) is 5.32 Å². The van der Waals surface area contributed by atoms with Crippen molar-refractivity contribution in [1.29, 1.82) is 0 Å². The number of hydrogen-bond acceptors (Lipinski definition) is 4. The molecule has 138 valence electrons. The van der Waals surface area contributed by atoms with Crippen LogP contribution in [-0.4, -0.2) is 27.0 Å². The summed E-state index contributed by atoms with van der Waals surface area (Å²) in [4.78, 5) is 29.8. The summed E-state index contributed by atoms with van der Waals surface area (Å²) in [6.45, 7) is 6.05. The van der Waals surface area contributed by atoms with E-state index in [9.17, 15) is 9.59 Å². The van der Waals surface area contributed by atoms with Crippen molar-refractivity contribution < 1.29 is 14.3 Å². The van der Waals surface area contributed by atoms with Gasteiger partial charge >= 0.3 is 6.09 Å². The second kappa shape index (κ2) is 7.11. The summed E-state index contributed by atoms with van der Waals surface area (Å²) in [5.74, 6) is 0.851. The highest BCUT2D eigenvalue weighted by Gasteiger charge is 2.28. The number of ether oxygens (including phenoxy) is 1. The van der Waals surface area contributed by atoms with Gasteiger partial charge < -0.3 is 9.30 Å². The number of benzene rings is 1. The molecule has 1 aromatic carbocycles. The number of carbonyl (C=O) groups is 2.